The quantitative estimate of drug-likeness (QED) is 0.772. The third kappa shape index (κ3) is 3.08. The second-order valence-corrected chi connectivity index (χ2v) is 3.17. The van der Waals surface area contributed by atoms with Crippen molar-refractivity contribution in [3.63, 3.8) is 0 Å². The summed E-state index contributed by atoms with van der Waals surface area (Å²) in [6.45, 7) is 2.45. The first-order chi connectivity index (χ1) is 6.59. The first-order valence-corrected chi connectivity index (χ1v) is 4.45. The van der Waals surface area contributed by atoms with E-state index in [0.29, 0.717) is 19.0 Å². The Bertz CT molecular complexity index is 309. The lowest BCUT2D eigenvalue weighted by atomic mass is 10.3. The second kappa shape index (κ2) is 4.64. The van der Waals surface area contributed by atoms with Gasteiger partial charge in [0.15, 0.2) is 0 Å². The molecule has 1 heterocycles. The predicted molar refractivity (Wildman–Crippen MR) is 51.4 cm³/mol. The van der Waals surface area contributed by atoms with Gasteiger partial charge in [0.25, 0.3) is 6.01 Å². The van der Waals surface area contributed by atoms with Crippen LogP contribution < -0.4 is 4.90 Å². The summed E-state index contributed by atoms with van der Waals surface area (Å²) in [6.07, 6.45) is 2.40. The van der Waals surface area contributed by atoms with Crippen LogP contribution in [0.5, 0.6) is 0 Å². The van der Waals surface area contributed by atoms with Crippen molar-refractivity contribution in [2.24, 2.45) is 0 Å². The minimum atomic E-state index is -0.776. The fourth-order valence-electron chi connectivity index (χ4n) is 1.08. The Morgan fingerprint density at radius 1 is 1.71 bits per heavy atom. The number of carboxylic acids is 1. The summed E-state index contributed by atoms with van der Waals surface area (Å²) in [5, 5.41) is 8.44. The number of hydrogen-bond acceptors (Lipinski definition) is 4. The van der Waals surface area contributed by atoms with Crippen molar-refractivity contribution in [3.05, 3.63) is 12.0 Å². The summed E-state index contributed by atoms with van der Waals surface area (Å²) in [4.78, 5) is 16.1. The van der Waals surface area contributed by atoms with Gasteiger partial charge < -0.3 is 14.4 Å². The molecule has 0 radical (unpaired) electrons. The SMILES string of the molecule is Cc1cnc(N(C)CCCC(=O)O)o1. The Hall–Kier alpha value is -1.52. The molecule has 0 saturated heterocycles. The van der Waals surface area contributed by atoms with Crippen LogP contribution in [0, 0.1) is 6.92 Å². The van der Waals surface area contributed by atoms with E-state index >= 15 is 0 Å². The number of carbonyl (C=O) groups is 1. The van der Waals surface area contributed by atoms with E-state index in [1.807, 2.05) is 14.0 Å². The van der Waals surface area contributed by atoms with E-state index < -0.39 is 5.97 Å². The molecule has 0 aromatic carbocycles. The zero-order valence-corrected chi connectivity index (χ0v) is 8.36. The van der Waals surface area contributed by atoms with E-state index in [0.717, 1.165) is 5.76 Å². The number of aryl methyl sites for hydroxylation is 1. The summed E-state index contributed by atoms with van der Waals surface area (Å²) in [5.74, 6) is -0.0212. The van der Waals surface area contributed by atoms with Crippen LogP contribution in [-0.4, -0.2) is 29.7 Å². The molecule has 5 nitrogen and oxygen atoms in total. The van der Waals surface area contributed by atoms with Crippen LogP contribution in [0.1, 0.15) is 18.6 Å². The van der Waals surface area contributed by atoms with Crippen LogP contribution in [0.25, 0.3) is 0 Å². The molecule has 1 aromatic heterocycles. The van der Waals surface area contributed by atoms with Crippen molar-refractivity contribution in [1.82, 2.24) is 4.98 Å². The molecular weight excluding hydrogens is 184 g/mol. The van der Waals surface area contributed by atoms with Crippen LogP contribution >= 0.6 is 0 Å². The van der Waals surface area contributed by atoms with Crippen molar-refractivity contribution in [1.29, 1.82) is 0 Å². The number of anilines is 1. The van der Waals surface area contributed by atoms with Crippen LogP contribution in [-0.2, 0) is 4.79 Å². The van der Waals surface area contributed by atoms with Gasteiger partial charge in [-0.15, -0.1) is 0 Å². The maximum absolute atomic E-state index is 10.3. The number of carboxylic acid groups (broad SMARTS) is 1. The molecule has 0 fully saturated rings. The largest absolute Gasteiger partial charge is 0.481 e. The van der Waals surface area contributed by atoms with Crippen molar-refractivity contribution in [3.8, 4) is 0 Å². The zero-order chi connectivity index (χ0) is 10.6. The van der Waals surface area contributed by atoms with Crippen LogP contribution in [0.15, 0.2) is 10.6 Å². The van der Waals surface area contributed by atoms with Gasteiger partial charge in [0, 0.05) is 20.0 Å². The van der Waals surface area contributed by atoms with Gasteiger partial charge in [-0.25, -0.2) is 4.98 Å². The summed E-state index contributed by atoms with van der Waals surface area (Å²) < 4.78 is 5.27. The fraction of sp³-hybridized carbons (Fsp3) is 0.556. The maximum Gasteiger partial charge on any atom is 0.303 e. The smallest absolute Gasteiger partial charge is 0.303 e. The number of hydrogen-bond donors (Lipinski definition) is 1. The molecule has 78 valence electrons. The number of nitrogens with zero attached hydrogens (tertiary/aromatic N) is 2. The summed E-state index contributed by atoms with van der Waals surface area (Å²) in [5.41, 5.74) is 0. The zero-order valence-electron chi connectivity index (χ0n) is 8.36. The standard InChI is InChI=1S/C9H14N2O3/c1-7-6-10-9(14-7)11(2)5-3-4-8(12)13/h6H,3-5H2,1-2H3,(H,12,13). The molecule has 1 rings (SSSR count). The van der Waals surface area contributed by atoms with Crippen molar-refractivity contribution in [2.75, 3.05) is 18.5 Å². The topological polar surface area (TPSA) is 66.6 Å². The molecule has 0 bridgehead atoms. The fourth-order valence-corrected chi connectivity index (χ4v) is 1.08. The Labute approximate surface area is 82.4 Å². The molecule has 0 unspecified atom stereocenters. The van der Waals surface area contributed by atoms with Gasteiger partial charge in [-0.05, 0) is 13.3 Å². The normalized spacial score (nSPS) is 10.1. The molecule has 1 N–H and O–H groups in total. The average molecular weight is 198 g/mol. The number of aliphatic carboxylic acids is 1. The maximum atomic E-state index is 10.3. The average Bonchev–Trinajstić information content (AvgIpc) is 2.51. The molecule has 5 heteroatoms. The Morgan fingerprint density at radius 2 is 2.43 bits per heavy atom. The third-order valence-electron chi connectivity index (χ3n) is 1.82. The molecule has 14 heavy (non-hydrogen) atoms. The van der Waals surface area contributed by atoms with Crippen molar-refractivity contribution >= 4 is 12.0 Å². The van der Waals surface area contributed by atoms with Gasteiger partial charge in [-0.3, -0.25) is 4.79 Å². The Morgan fingerprint density at radius 3 is 2.93 bits per heavy atom. The van der Waals surface area contributed by atoms with Gasteiger partial charge in [0.2, 0.25) is 0 Å². The van der Waals surface area contributed by atoms with Gasteiger partial charge in [-0.1, -0.05) is 0 Å². The van der Waals surface area contributed by atoms with Gasteiger partial charge >= 0.3 is 5.97 Å². The van der Waals surface area contributed by atoms with E-state index in [2.05, 4.69) is 4.98 Å². The molecule has 0 saturated carbocycles. The highest BCUT2D eigenvalue weighted by Crippen LogP contribution is 2.12. The molecule has 1 aromatic rings. The predicted octanol–water partition coefficient (Wildman–Crippen LogP) is 1.28. The van der Waals surface area contributed by atoms with Crippen LogP contribution in [0.4, 0.5) is 6.01 Å². The summed E-state index contributed by atoms with van der Waals surface area (Å²) in [7, 11) is 1.83. The van der Waals surface area contributed by atoms with Gasteiger partial charge in [-0.2, -0.15) is 0 Å². The molecule has 0 amide bonds. The van der Waals surface area contributed by atoms with E-state index in [4.69, 9.17) is 9.52 Å². The third-order valence-corrected chi connectivity index (χ3v) is 1.82. The van der Waals surface area contributed by atoms with Crippen LogP contribution in [0.2, 0.25) is 0 Å². The highest BCUT2D eigenvalue weighted by molar-refractivity contribution is 5.66. The molecule has 0 spiro atoms. The first kappa shape index (κ1) is 10.6. The van der Waals surface area contributed by atoms with Gasteiger partial charge in [0.05, 0.1) is 6.20 Å². The minimum Gasteiger partial charge on any atom is -0.481 e. The lowest BCUT2D eigenvalue weighted by Gasteiger charge is -2.12. The van der Waals surface area contributed by atoms with E-state index in [1.165, 1.54) is 0 Å². The van der Waals surface area contributed by atoms with Crippen molar-refractivity contribution < 1.29 is 14.3 Å². The molecular formula is C9H14N2O3. The van der Waals surface area contributed by atoms with Gasteiger partial charge in [0.1, 0.15) is 5.76 Å². The molecule has 0 atom stereocenters. The molecule has 0 aliphatic heterocycles. The van der Waals surface area contributed by atoms with E-state index in [1.54, 1.807) is 11.1 Å². The monoisotopic (exact) mass is 198 g/mol. The number of rotatable bonds is 5. The first-order valence-electron chi connectivity index (χ1n) is 4.45. The van der Waals surface area contributed by atoms with E-state index in [-0.39, 0.29) is 6.42 Å². The number of oxazole rings is 1. The lowest BCUT2D eigenvalue weighted by Crippen LogP contribution is -2.19. The van der Waals surface area contributed by atoms with Crippen molar-refractivity contribution in [2.45, 2.75) is 19.8 Å². The summed E-state index contributed by atoms with van der Waals surface area (Å²) in [6, 6.07) is 0.535. The van der Waals surface area contributed by atoms with Crippen LogP contribution in [0.3, 0.4) is 0 Å². The minimum absolute atomic E-state index is 0.171. The highest BCUT2D eigenvalue weighted by atomic mass is 16.4. The lowest BCUT2D eigenvalue weighted by molar-refractivity contribution is -0.137. The molecule has 0 aliphatic rings. The Balaban J connectivity index is 2.35. The summed E-state index contributed by atoms with van der Waals surface area (Å²) >= 11 is 0. The highest BCUT2D eigenvalue weighted by Gasteiger charge is 2.07. The molecule has 0 aliphatic carbocycles. The Kier molecular flexibility index (Phi) is 3.50. The number of aromatic nitrogens is 1. The van der Waals surface area contributed by atoms with E-state index in [9.17, 15) is 4.79 Å². The second-order valence-electron chi connectivity index (χ2n) is 3.17.